The second-order valence-corrected chi connectivity index (χ2v) is 4.73. The molecule has 1 aromatic carbocycles. The monoisotopic (exact) mass is 260 g/mol. The lowest BCUT2D eigenvalue weighted by Gasteiger charge is -2.17. The molecular formula is C13H19F3N2. The van der Waals surface area contributed by atoms with Crippen molar-refractivity contribution < 1.29 is 13.2 Å². The topological polar surface area (TPSA) is 15.3 Å². The minimum Gasteiger partial charge on any atom is -0.310 e. The fourth-order valence-corrected chi connectivity index (χ4v) is 1.54. The van der Waals surface area contributed by atoms with E-state index in [0.29, 0.717) is 6.07 Å². The molecule has 1 aromatic rings. The van der Waals surface area contributed by atoms with Gasteiger partial charge in [-0.15, -0.1) is 0 Å². The molecule has 102 valence electrons. The third-order valence-corrected chi connectivity index (χ3v) is 2.74. The van der Waals surface area contributed by atoms with Gasteiger partial charge in [0, 0.05) is 24.2 Å². The maximum atomic E-state index is 13.3. The van der Waals surface area contributed by atoms with Crippen molar-refractivity contribution in [2.75, 3.05) is 20.6 Å². The average Bonchev–Trinajstić information content (AvgIpc) is 2.29. The van der Waals surface area contributed by atoms with Gasteiger partial charge in [-0.1, -0.05) is 0 Å². The van der Waals surface area contributed by atoms with Gasteiger partial charge in [-0.3, -0.25) is 0 Å². The lowest BCUT2D eigenvalue weighted by Crippen LogP contribution is -2.29. The van der Waals surface area contributed by atoms with Crippen LogP contribution in [0.4, 0.5) is 13.2 Å². The van der Waals surface area contributed by atoms with E-state index in [1.54, 1.807) is 0 Å². The van der Waals surface area contributed by atoms with E-state index in [1.165, 1.54) is 0 Å². The normalized spacial score (nSPS) is 13.1. The second kappa shape index (κ2) is 6.75. The number of hydrogen-bond acceptors (Lipinski definition) is 2. The van der Waals surface area contributed by atoms with E-state index >= 15 is 0 Å². The smallest absolute Gasteiger partial charge is 0.161 e. The highest BCUT2D eigenvalue weighted by atomic mass is 19.2. The molecule has 0 aliphatic carbocycles. The van der Waals surface area contributed by atoms with Crippen molar-refractivity contribution in [1.82, 2.24) is 10.2 Å². The van der Waals surface area contributed by atoms with Crippen molar-refractivity contribution in [3.05, 3.63) is 35.1 Å². The van der Waals surface area contributed by atoms with E-state index in [0.717, 1.165) is 19.0 Å². The number of hydrogen-bond donors (Lipinski definition) is 1. The molecule has 1 atom stereocenters. The van der Waals surface area contributed by atoms with E-state index in [-0.39, 0.29) is 18.2 Å². The summed E-state index contributed by atoms with van der Waals surface area (Å²) in [6, 6.07) is 1.66. The summed E-state index contributed by atoms with van der Waals surface area (Å²) >= 11 is 0. The Kier molecular flexibility index (Phi) is 5.62. The first-order valence-electron chi connectivity index (χ1n) is 5.91. The molecule has 0 saturated heterocycles. The summed E-state index contributed by atoms with van der Waals surface area (Å²) in [6.45, 7) is 3.08. The summed E-state index contributed by atoms with van der Waals surface area (Å²) in [5.41, 5.74) is 0.144. The zero-order valence-electron chi connectivity index (χ0n) is 10.9. The fourth-order valence-electron chi connectivity index (χ4n) is 1.54. The van der Waals surface area contributed by atoms with E-state index in [1.807, 2.05) is 21.0 Å². The van der Waals surface area contributed by atoms with Gasteiger partial charge >= 0.3 is 0 Å². The van der Waals surface area contributed by atoms with Gasteiger partial charge in [-0.25, -0.2) is 13.2 Å². The molecule has 0 saturated carbocycles. The molecule has 0 aliphatic heterocycles. The van der Waals surface area contributed by atoms with Crippen LogP contribution in [0.2, 0.25) is 0 Å². The van der Waals surface area contributed by atoms with Crippen LogP contribution < -0.4 is 5.32 Å². The first kappa shape index (κ1) is 15.0. The molecule has 0 spiro atoms. The Morgan fingerprint density at radius 2 is 1.72 bits per heavy atom. The van der Waals surface area contributed by atoms with Crippen LogP contribution >= 0.6 is 0 Å². The minimum atomic E-state index is -1.16. The largest absolute Gasteiger partial charge is 0.310 e. The third-order valence-electron chi connectivity index (χ3n) is 2.74. The van der Waals surface area contributed by atoms with Crippen LogP contribution in [0.15, 0.2) is 12.1 Å². The molecule has 2 nitrogen and oxygen atoms in total. The molecule has 1 N–H and O–H groups in total. The van der Waals surface area contributed by atoms with Crippen molar-refractivity contribution in [2.45, 2.75) is 25.9 Å². The molecule has 0 radical (unpaired) electrons. The first-order valence-corrected chi connectivity index (χ1v) is 5.91. The number of nitrogens with zero attached hydrogens (tertiary/aromatic N) is 1. The van der Waals surface area contributed by atoms with E-state index in [4.69, 9.17) is 0 Å². The van der Waals surface area contributed by atoms with Gasteiger partial charge in [0.1, 0.15) is 5.82 Å². The Labute approximate surface area is 106 Å². The van der Waals surface area contributed by atoms with Gasteiger partial charge in [0.15, 0.2) is 11.6 Å². The predicted octanol–water partition coefficient (Wildman–Crippen LogP) is 2.53. The predicted molar refractivity (Wildman–Crippen MR) is 65.8 cm³/mol. The van der Waals surface area contributed by atoms with Crippen molar-refractivity contribution in [3.8, 4) is 0 Å². The lowest BCUT2D eigenvalue weighted by atomic mass is 10.1. The maximum absolute atomic E-state index is 13.3. The van der Waals surface area contributed by atoms with Crippen LogP contribution in [0, 0.1) is 17.5 Å². The zero-order valence-corrected chi connectivity index (χ0v) is 10.9. The fraction of sp³-hybridized carbons (Fsp3) is 0.538. The number of nitrogens with one attached hydrogen (secondary N) is 1. The highest BCUT2D eigenvalue weighted by Gasteiger charge is 2.10. The quantitative estimate of drug-likeness (QED) is 0.791. The van der Waals surface area contributed by atoms with Gasteiger partial charge in [0.05, 0.1) is 0 Å². The second-order valence-electron chi connectivity index (χ2n) is 4.73. The van der Waals surface area contributed by atoms with Crippen molar-refractivity contribution >= 4 is 0 Å². The van der Waals surface area contributed by atoms with Crippen molar-refractivity contribution in [1.29, 1.82) is 0 Å². The summed E-state index contributed by atoms with van der Waals surface area (Å²) in [5.74, 6) is -2.90. The van der Waals surface area contributed by atoms with Gasteiger partial charge < -0.3 is 10.2 Å². The molecule has 0 aliphatic rings. The minimum absolute atomic E-state index is 0.144. The van der Waals surface area contributed by atoms with E-state index < -0.39 is 17.5 Å². The molecule has 0 fully saturated rings. The molecule has 0 amide bonds. The standard InChI is InChI=1S/C13H19F3N2/c1-9(4-5-18(2)3)17-8-10-6-12(15)13(16)7-11(10)14/h6-7,9,17H,4-5,8H2,1-3H3. The van der Waals surface area contributed by atoms with Gasteiger partial charge in [-0.05, 0) is 40.1 Å². The maximum Gasteiger partial charge on any atom is 0.161 e. The first-order chi connectivity index (χ1) is 8.40. The Morgan fingerprint density at radius 3 is 2.33 bits per heavy atom. The Hall–Kier alpha value is -1.07. The van der Waals surface area contributed by atoms with Crippen LogP contribution in [0.3, 0.4) is 0 Å². The molecular weight excluding hydrogens is 241 g/mol. The van der Waals surface area contributed by atoms with Crippen LogP contribution in [0.5, 0.6) is 0 Å². The lowest BCUT2D eigenvalue weighted by molar-refractivity contribution is 0.364. The summed E-state index contributed by atoms with van der Waals surface area (Å²) in [5, 5.41) is 3.09. The van der Waals surface area contributed by atoms with E-state index in [9.17, 15) is 13.2 Å². The Bertz CT molecular complexity index is 394. The molecule has 1 unspecified atom stereocenters. The summed E-state index contributed by atoms with van der Waals surface area (Å²) in [6.07, 6.45) is 0.901. The number of benzene rings is 1. The van der Waals surface area contributed by atoms with Crippen LogP contribution in [0.1, 0.15) is 18.9 Å². The molecule has 0 heterocycles. The number of halogens is 3. The van der Waals surface area contributed by atoms with Crippen molar-refractivity contribution in [3.63, 3.8) is 0 Å². The van der Waals surface area contributed by atoms with Gasteiger partial charge in [-0.2, -0.15) is 0 Å². The highest BCUT2D eigenvalue weighted by molar-refractivity contribution is 5.19. The number of rotatable bonds is 6. The summed E-state index contributed by atoms with van der Waals surface area (Å²) < 4.78 is 39.0. The van der Waals surface area contributed by atoms with Crippen molar-refractivity contribution in [2.24, 2.45) is 0 Å². The molecule has 18 heavy (non-hydrogen) atoms. The van der Waals surface area contributed by atoms with Gasteiger partial charge in [0.25, 0.3) is 0 Å². The van der Waals surface area contributed by atoms with Crippen LogP contribution in [-0.4, -0.2) is 31.6 Å². The van der Waals surface area contributed by atoms with Crippen LogP contribution in [-0.2, 0) is 6.54 Å². The summed E-state index contributed by atoms with van der Waals surface area (Å²) in [4.78, 5) is 2.05. The summed E-state index contributed by atoms with van der Waals surface area (Å²) in [7, 11) is 3.95. The Balaban J connectivity index is 2.50. The zero-order chi connectivity index (χ0) is 13.7. The van der Waals surface area contributed by atoms with E-state index in [2.05, 4.69) is 10.2 Å². The Morgan fingerprint density at radius 1 is 1.11 bits per heavy atom. The SMILES string of the molecule is CC(CCN(C)C)NCc1cc(F)c(F)cc1F. The molecule has 1 rings (SSSR count). The average molecular weight is 260 g/mol. The molecule has 5 heteroatoms. The third kappa shape index (κ3) is 4.66. The highest BCUT2D eigenvalue weighted by Crippen LogP contribution is 2.13. The molecule has 0 aromatic heterocycles. The van der Waals surface area contributed by atoms with Crippen LogP contribution in [0.25, 0.3) is 0 Å². The van der Waals surface area contributed by atoms with Gasteiger partial charge in [0.2, 0.25) is 0 Å². The molecule has 0 bridgehead atoms.